The first-order valence-electron chi connectivity index (χ1n) is 10.9. The molecule has 0 radical (unpaired) electrons. The van der Waals surface area contributed by atoms with Gasteiger partial charge >= 0.3 is 0 Å². The van der Waals surface area contributed by atoms with E-state index in [1.54, 1.807) is 26.3 Å². The summed E-state index contributed by atoms with van der Waals surface area (Å²) in [4.78, 5) is 19.1. The highest BCUT2D eigenvalue weighted by molar-refractivity contribution is 5.98. The third kappa shape index (κ3) is 9.56. The maximum atomic E-state index is 10.9. The Kier molecular flexibility index (Phi) is 11.8. The Hall–Kier alpha value is -3.01. The number of aliphatic imine (C=N–C) groups is 1. The van der Waals surface area contributed by atoms with Crippen LogP contribution in [0.1, 0.15) is 53.0 Å². The quantitative estimate of drug-likeness (QED) is 0.318. The Labute approximate surface area is 187 Å². The molecule has 0 atom stereocenters. The maximum Gasteiger partial charge on any atom is 0.227 e. The Bertz CT molecular complexity index is 947. The van der Waals surface area contributed by atoms with Crippen molar-refractivity contribution in [2.75, 3.05) is 7.05 Å². The number of aryl methyl sites for hydroxylation is 1. The smallest absolute Gasteiger partial charge is 0.227 e. The first kappa shape index (κ1) is 26.0. The van der Waals surface area contributed by atoms with Gasteiger partial charge in [0, 0.05) is 25.2 Å². The standard InChI is InChI=1S/C14H11NO.C8H13NO.C5H12/c1-10-6-8-11(9-7-10)14-15-12-4-2-3-5-13(12)16-14;1-4-8(10)7(2)5-6-9-3;1-4-5(2)3/h2-9H,1H3;5-6H,4H2,1-3H3;5H,4H2,1-3H3/b;7-5+,9-6?;. The molecule has 0 amide bonds. The van der Waals surface area contributed by atoms with Crippen molar-refractivity contribution in [3.05, 3.63) is 65.7 Å². The number of hydrogen-bond acceptors (Lipinski definition) is 4. The lowest BCUT2D eigenvalue weighted by Crippen LogP contribution is -1.96. The van der Waals surface area contributed by atoms with Crippen molar-refractivity contribution in [2.24, 2.45) is 10.9 Å². The van der Waals surface area contributed by atoms with Crippen molar-refractivity contribution in [1.29, 1.82) is 0 Å². The molecular formula is C27H36N2O2. The van der Waals surface area contributed by atoms with Crippen molar-refractivity contribution >= 4 is 23.1 Å². The van der Waals surface area contributed by atoms with Gasteiger partial charge in [-0.1, -0.05) is 63.9 Å². The van der Waals surface area contributed by atoms with Crippen molar-refractivity contribution in [1.82, 2.24) is 4.98 Å². The number of fused-ring (bicyclic) bond motifs is 1. The topological polar surface area (TPSA) is 55.5 Å². The van der Waals surface area contributed by atoms with Crippen LogP contribution in [0.25, 0.3) is 22.6 Å². The largest absolute Gasteiger partial charge is 0.436 e. The molecule has 166 valence electrons. The molecule has 1 aromatic heterocycles. The van der Waals surface area contributed by atoms with Crippen LogP contribution in [0.3, 0.4) is 0 Å². The molecule has 3 rings (SSSR count). The highest BCUT2D eigenvalue weighted by atomic mass is 16.3. The van der Waals surface area contributed by atoms with Gasteiger partial charge in [0.1, 0.15) is 5.52 Å². The minimum Gasteiger partial charge on any atom is -0.436 e. The molecule has 0 aliphatic heterocycles. The van der Waals surface area contributed by atoms with Crippen molar-refractivity contribution in [3.63, 3.8) is 0 Å². The zero-order chi connectivity index (χ0) is 23.2. The van der Waals surface area contributed by atoms with E-state index in [0.717, 1.165) is 28.2 Å². The molecular weight excluding hydrogens is 384 g/mol. The summed E-state index contributed by atoms with van der Waals surface area (Å²) in [6.07, 6.45) is 5.23. The number of benzene rings is 2. The summed E-state index contributed by atoms with van der Waals surface area (Å²) >= 11 is 0. The van der Waals surface area contributed by atoms with Crippen LogP contribution in [-0.4, -0.2) is 24.0 Å². The second kappa shape index (κ2) is 14.1. The fourth-order valence-corrected chi connectivity index (χ4v) is 2.25. The molecule has 0 saturated carbocycles. The number of allylic oxidation sites excluding steroid dienone is 2. The number of aromatic nitrogens is 1. The molecule has 0 bridgehead atoms. The predicted octanol–water partition coefficient (Wildman–Crippen LogP) is 7.47. The van der Waals surface area contributed by atoms with Crippen LogP contribution in [0.5, 0.6) is 0 Å². The number of ketones is 1. The summed E-state index contributed by atoms with van der Waals surface area (Å²) in [5.41, 5.74) is 4.76. The summed E-state index contributed by atoms with van der Waals surface area (Å²) < 4.78 is 5.68. The first-order chi connectivity index (χ1) is 14.8. The molecule has 31 heavy (non-hydrogen) atoms. The minimum absolute atomic E-state index is 0.180. The molecule has 0 unspecified atom stereocenters. The lowest BCUT2D eigenvalue weighted by Gasteiger charge is -1.95. The van der Waals surface area contributed by atoms with Gasteiger partial charge in [-0.05, 0) is 55.7 Å². The average molecular weight is 421 g/mol. The van der Waals surface area contributed by atoms with Gasteiger partial charge in [0.15, 0.2) is 11.4 Å². The number of oxazole rings is 1. The van der Waals surface area contributed by atoms with Crippen LogP contribution in [-0.2, 0) is 4.79 Å². The average Bonchev–Trinajstić information content (AvgIpc) is 3.22. The third-order valence-electron chi connectivity index (χ3n) is 4.64. The van der Waals surface area contributed by atoms with Crippen LogP contribution >= 0.6 is 0 Å². The van der Waals surface area contributed by atoms with Gasteiger partial charge in [-0.25, -0.2) is 4.98 Å². The Morgan fingerprint density at radius 2 is 1.71 bits per heavy atom. The van der Waals surface area contributed by atoms with E-state index in [9.17, 15) is 4.79 Å². The van der Waals surface area contributed by atoms with Gasteiger partial charge in [0.25, 0.3) is 0 Å². The number of nitrogens with zero attached hydrogens (tertiary/aromatic N) is 2. The Morgan fingerprint density at radius 3 is 2.23 bits per heavy atom. The predicted molar refractivity (Wildman–Crippen MR) is 133 cm³/mol. The lowest BCUT2D eigenvalue weighted by atomic mass is 10.1. The van der Waals surface area contributed by atoms with Gasteiger partial charge in [0.05, 0.1) is 0 Å². The van der Waals surface area contributed by atoms with E-state index in [1.807, 2.05) is 43.3 Å². The minimum atomic E-state index is 0.180. The van der Waals surface area contributed by atoms with E-state index in [2.05, 4.69) is 49.8 Å². The van der Waals surface area contributed by atoms with Crippen LogP contribution < -0.4 is 0 Å². The van der Waals surface area contributed by atoms with E-state index in [-0.39, 0.29) is 5.78 Å². The molecule has 4 nitrogen and oxygen atoms in total. The van der Waals surface area contributed by atoms with Gasteiger partial charge < -0.3 is 4.42 Å². The second-order valence-electron chi connectivity index (χ2n) is 7.69. The molecule has 0 spiro atoms. The van der Waals surface area contributed by atoms with Gasteiger partial charge in [-0.15, -0.1) is 0 Å². The number of Topliss-reactive ketones (excluding diaryl/α,β-unsaturated/α-hetero) is 1. The fraction of sp³-hybridized carbons (Fsp3) is 0.370. The monoisotopic (exact) mass is 420 g/mol. The van der Waals surface area contributed by atoms with Crippen LogP contribution in [0, 0.1) is 12.8 Å². The van der Waals surface area contributed by atoms with Gasteiger partial charge in [0.2, 0.25) is 5.89 Å². The molecule has 4 heteroatoms. The highest BCUT2D eigenvalue weighted by Gasteiger charge is 2.06. The lowest BCUT2D eigenvalue weighted by molar-refractivity contribution is -0.115. The molecule has 0 aliphatic carbocycles. The summed E-state index contributed by atoms with van der Waals surface area (Å²) in [6, 6.07) is 16.0. The van der Waals surface area contributed by atoms with Crippen LogP contribution in [0.4, 0.5) is 0 Å². The van der Waals surface area contributed by atoms with E-state index in [1.165, 1.54) is 12.0 Å². The van der Waals surface area contributed by atoms with Crippen LogP contribution in [0.2, 0.25) is 0 Å². The van der Waals surface area contributed by atoms with E-state index in [0.29, 0.717) is 12.3 Å². The number of carbonyl (C=O) groups is 1. The van der Waals surface area contributed by atoms with E-state index >= 15 is 0 Å². The SMILES string of the molecule is CCC(=O)/C(C)=C/C=NC.CCC(C)C.Cc1ccc(-c2nc3ccccc3o2)cc1. The van der Waals surface area contributed by atoms with Crippen molar-refractivity contribution < 1.29 is 9.21 Å². The molecule has 2 aromatic carbocycles. The zero-order valence-corrected chi connectivity index (χ0v) is 20.0. The first-order valence-corrected chi connectivity index (χ1v) is 10.9. The van der Waals surface area contributed by atoms with E-state index in [4.69, 9.17) is 4.42 Å². The Morgan fingerprint density at radius 1 is 1.10 bits per heavy atom. The summed E-state index contributed by atoms with van der Waals surface area (Å²) in [7, 11) is 1.68. The van der Waals surface area contributed by atoms with Crippen molar-refractivity contribution in [2.45, 2.75) is 54.4 Å². The summed E-state index contributed by atoms with van der Waals surface area (Å²) in [5, 5.41) is 0. The Balaban J connectivity index is 0.000000276. The zero-order valence-electron chi connectivity index (χ0n) is 20.0. The highest BCUT2D eigenvalue weighted by Crippen LogP contribution is 2.23. The fourth-order valence-electron chi connectivity index (χ4n) is 2.25. The molecule has 0 fully saturated rings. The molecule has 0 aliphatic rings. The van der Waals surface area contributed by atoms with Crippen molar-refractivity contribution in [3.8, 4) is 11.5 Å². The third-order valence-corrected chi connectivity index (χ3v) is 4.64. The number of rotatable bonds is 5. The normalized spacial score (nSPS) is 11.2. The molecule has 3 aromatic rings. The van der Waals surface area contributed by atoms with Gasteiger partial charge in [-0.2, -0.15) is 0 Å². The number of carbonyl (C=O) groups excluding carboxylic acids is 1. The summed E-state index contributed by atoms with van der Waals surface area (Å²) in [6.45, 7) is 12.4. The van der Waals surface area contributed by atoms with Crippen LogP contribution in [0.15, 0.2) is 69.6 Å². The summed E-state index contributed by atoms with van der Waals surface area (Å²) in [5.74, 6) is 1.75. The number of para-hydroxylation sites is 2. The van der Waals surface area contributed by atoms with Gasteiger partial charge in [-0.3, -0.25) is 9.79 Å². The molecule has 0 saturated heterocycles. The second-order valence-corrected chi connectivity index (χ2v) is 7.69. The maximum absolute atomic E-state index is 10.9. The molecule has 1 heterocycles. The molecule has 0 N–H and O–H groups in total. The number of hydrogen-bond donors (Lipinski definition) is 0. The van der Waals surface area contributed by atoms with E-state index < -0.39 is 0 Å².